The number of imidazole rings is 1. The van der Waals surface area contributed by atoms with Gasteiger partial charge in [0, 0.05) is 0 Å². The minimum Gasteiger partial charge on any atom is -0.387 e. The summed E-state index contributed by atoms with van der Waals surface area (Å²) in [6, 6.07) is 0. The van der Waals surface area contributed by atoms with E-state index in [9.17, 15) is 14.8 Å². The molecule has 2 aromatic rings. The van der Waals surface area contributed by atoms with Gasteiger partial charge in [0.1, 0.15) is 30.2 Å². The SMILES string of the molecule is Nc1ncnc2c1ncn2[C@@H]1O[C@@H](COP(=O)(O)O)[C@@H](O)[C@H]1O. The number of ether oxygens (including phenoxy) is 1. The Morgan fingerprint density at radius 1 is 1.30 bits per heavy atom. The van der Waals surface area contributed by atoms with Crippen LogP contribution in [-0.4, -0.2) is 64.4 Å². The van der Waals surface area contributed by atoms with Gasteiger partial charge in [-0.15, -0.1) is 0 Å². The summed E-state index contributed by atoms with van der Waals surface area (Å²) >= 11 is 0. The first kappa shape index (κ1) is 16.2. The van der Waals surface area contributed by atoms with Gasteiger partial charge in [0.15, 0.2) is 17.7 Å². The van der Waals surface area contributed by atoms with Crippen molar-refractivity contribution in [1.29, 1.82) is 0 Å². The van der Waals surface area contributed by atoms with Crippen LogP contribution < -0.4 is 5.73 Å². The van der Waals surface area contributed by atoms with E-state index in [1.807, 2.05) is 0 Å². The first-order chi connectivity index (χ1) is 10.8. The fourth-order valence-corrected chi connectivity index (χ4v) is 2.66. The lowest BCUT2D eigenvalue weighted by atomic mass is 10.1. The van der Waals surface area contributed by atoms with Crippen molar-refractivity contribution in [1.82, 2.24) is 19.5 Å². The second-order valence-corrected chi connectivity index (χ2v) is 6.15. The predicted octanol–water partition coefficient (Wildman–Crippen LogP) is -1.86. The quantitative estimate of drug-likeness (QED) is 0.390. The minimum atomic E-state index is -4.72. The van der Waals surface area contributed by atoms with Crippen LogP contribution in [0, 0.1) is 0 Å². The summed E-state index contributed by atoms with van der Waals surface area (Å²) in [7, 11) is -4.72. The van der Waals surface area contributed by atoms with Crippen LogP contribution in [0.3, 0.4) is 0 Å². The Morgan fingerprint density at radius 3 is 2.74 bits per heavy atom. The van der Waals surface area contributed by atoms with Crippen LogP contribution in [0.25, 0.3) is 11.2 Å². The summed E-state index contributed by atoms with van der Waals surface area (Å²) in [5, 5.41) is 20.1. The minimum absolute atomic E-state index is 0.142. The molecule has 2 aromatic heterocycles. The monoisotopic (exact) mass is 347 g/mol. The van der Waals surface area contributed by atoms with Crippen molar-refractivity contribution in [2.24, 2.45) is 0 Å². The highest BCUT2D eigenvalue weighted by Gasteiger charge is 2.45. The highest BCUT2D eigenvalue weighted by atomic mass is 31.2. The highest BCUT2D eigenvalue weighted by molar-refractivity contribution is 7.46. The van der Waals surface area contributed by atoms with Crippen LogP contribution in [0.2, 0.25) is 0 Å². The molecule has 1 aliphatic heterocycles. The molecule has 0 aromatic carbocycles. The molecule has 0 radical (unpaired) electrons. The van der Waals surface area contributed by atoms with Gasteiger partial charge in [0.05, 0.1) is 12.9 Å². The number of phosphoric ester groups is 1. The van der Waals surface area contributed by atoms with Crippen LogP contribution in [0.1, 0.15) is 6.23 Å². The Bertz CT molecular complexity index is 763. The van der Waals surface area contributed by atoms with Gasteiger partial charge >= 0.3 is 7.82 Å². The first-order valence-corrected chi connectivity index (χ1v) is 7.95. The zero-order valence-electron chi connectivity index (χ0n) is 11.5. The first-order valence-electron chi connectivity index (χ1n) is 6.42. The summed E-state index contributed by atoms with van der Waals surface area (Å²) in [4.78, 5) is 29.2. The number of aromatic nitrogens is 4. The molecular formula is C10H14N5O7P. The molecule has 6 N–H and O–H groups in total. The molecular weight excluding hydrogens is 333 g/mol. The third-order valence-corrected chi connectivity index (χ3v) is 3.89. The van der Waals surface area contributed by atoms with E-state index in [2.05, 4.69) is 19.5 Å². The topological polar surface area (TPSA) is 186 Å². The largest absolute Gasteiger partial charge is 0.469 e. The number of fused-ring (bicyclic) bond motifs is 1. The van der Waals surface area contributed by atoms with E-state index in [1.165, 1.54) is 17.2 Å². The lowest BCUT2D eigenvalue weighted by molar-refractivity contribution is -0.0504. The number of rotatable bonds is 4. The van der Waals surface area contributed by atoms with E-state index < -0.39 is 39.0 Å². The lowest BCUT2D eigenvalue weighted by Gasteiger charge is -2.16. The van der Waals surface area contributed by atoms with E-state index in [1.54, 1.807) is 0 Å². The summed E-state index contributed by atoms with van der Waals surface area (Å²) < 4.78 is 21.8. The predicted molar refractivity (Wildman–Crippen MR) is 73.7 cm³/mol. The van der Waals surface area contributed by atoms with E-state index in [0.717, 1.165) is 0 Å². The molecule has 126 valence electrons. The van der Waals surface area contributed by atoms with Gasteiger partial charge in [0.25, 0.3) is 0 Å². The van der Waals surface area contributed by atoms with Gasteiger partial charge in [-0.1, -0.05) is 0 Å². The molecule has 23 heavy (non-hydrogen) atoms. The van der Waals surface area contributed by atoms with E-state index in [4.69, 9.17) is 20.3 Å². The van der Waals surface area contributed by atoms with E-state index in [0.29, 0.717) is 5.52 Å². The molecule has 3 heterocycles. The molecule has 1 aliphatic rings. The molecule has 3 rings (SSSR count). The van der Waals surface area contributed by atoms with Crippen molar-refractivity contribution >= 4 is 24.8 Å². The van der Waals surface area contributed by atoms with Gasteiger partial charge in [0.2, 0.25) is 0 Å². The maximum atomic E-state index is 10.7. The number of aliphatic hydroxyl groups excluding tert-OH is 2. The van der Waals surface area contributed by atoms with Crippen molar-refractivity contribution in [3.63, 3.8) is 0 Å². The fraction of sp³-hybridized carbons (Fsp3) is 0.500. The number of phosphoric acid groups is 1. The van der Waals surface area contributed by atoms with Crippen molar-refractivity contribution in [2.45, 2.75) is 24.5 Å². The number of aliphatic hydroxyl groups is 2. The average Bonchev–Trinajstić information content (AvgIpc) is 3.01. The molecule has 0 spiro atoms. The molecule has 0 amide bonds. The van der Waals surface area contributed by atoms with Crippen molar-refractivity contribution in [3.05, 3.63) is 12.7 Å². The normalized spacial score (nSPS) is 28.5. The van der Waals surface area contributed by atoms with Crippen LogP contribution >= 0.6 is 7.82 Å². The van der Waals surface area contributed by atoms with Gasteiger partial charge < -0.3 is 30.5 Å². The zero-order chi connectivity index (χ0) is 16.8. The van der Waals surface area contributed by atoms with Crippen LogP contribution in [0.5, 0.6) is 0 Å². The molecule has 13 heteroatoms. The Balaban J connectivity index is 1.85. The van der Waals surface area contributed by atoms with E-state index >= 15 is 0 Å². The van der Waals surface area contributed by atoms with Gasteiger partial charge in [-0.25, -0.2) is 19.5 Å². The number of nitrogen functional groups attached to an aromatic ring is 1. The average molecular weight is 347 g/mol. The van der Waals surface area contributed by atoms with Crippen molar-refractivity contribution in [2.75, 3.05) is 12.3 Å². The van der Waals surface area contributed by atoms with E-state index in [-0.39, 0.29) is 11.5 Å². The number of hydrogen-bond donors (Lipinski definition) is 5. The molecule has 1 saturated heterocycles. The maximum absolute atomic E-state index is 10.7. The third-order valence-electron chi connectivity index (χ3n) is 3.41. The van der Waals surface area contributed by atoms with Gasteiger partial charge in [-0.3, -0.25) is 9.09 Å². The summed E-state index contributed by atoms with van der Waals surface area (Å²) in [6.45, 7) is -0.594. The highest BCUT2D eigenvalue weighted by Crippen LogP contribution is 2.38. The Kier molecular flexibility index (Phi) is 4.06. The van der Waals surface area contributed by atoms with Crippen LogP contribution in [0.4, 0.5) is 5.82 Å². The molecule has 0 unspecified atom stereocenters. The van der Waals surface area contributed by atoms with Gasteiger partial charge in [-0.05, 0) is 0 Å². The molecule has 4 atom stereocenters. The third kappa shape index (κ3) is 3.05. The number of nitrogens with two attached hydrogens (primary N) is 1. The van der Waals surface area contributed by atoms with Crippen molar-refractivity contribution in [3.8, 4) is 0 Å². The number of anilines is 1. The smallest absolute Gasteiger partial charge is 0.387 e. The number of hydrogen-bond acceptors (Lipinski definition) is 9. The second-order valence-electron chi connectivity index (χ2n) is 4.92. The zero-order valence-corrected chi connectivity index (χ0v) is 12.4. The summed E-state index contributed by atoms with van der Waals surface area (Å²) in [6.07, 6.45) is -2.49. The summed E-state index contributed by atoms with van der Waals surface area (Å²) in [5.74, 6) is 0.142. The number of nitrogens with zero attached hydrogens (tertiary/aromatic N) is 4. The van der Waals surface area contributed by atoms with Crippen molar-refractivity contribution < 1.29 is 33.8 Å². The molecule has 1 fully saturated rings. The molecule has 0 aliphatic carbocycles. The Labute approximate surface area is 128 Å². The fourth-order valence-electron chi connectivity index (χ4n) is 2.32. The Morgan fingerprint density at radius 2 is 2.04 bits per heavy atom. The molecule has 0 saturated carbocycles. The van der Waals surface area contributed by atoms with Crippen LogP contribution in [0.15, 0.2) is 12.7 Å². The second kappa shape index (κ2) is 5.76. The van der Waals surface area contributed by atoms with Gasteiger partial charge in [-0.2, -0.15) is 0 Å². The Hall–Kier alpha value is -1.66. The molecule has 0 bridgehead atoms. The summed E-state index contributed by atoms with van der Waals surface area (Å²) in [5.41, 5.74) is 6.25. The van der Waals surface area contributed by atoms with Crippen LogP contribution in [-0.2, 0) is 13.8 Å². The standard InChI is InChI=1S/C10H14N5O7P/c11-8-5-9(13-2-12-8)15(3-14-5)10-7(17)6(16)4(22-10)1-21-23(18,19)20/h2-4,6-7,10,16-17H,1H2,(H2,11,12,13)(H2,18,19,20)/t4-,6+,7+,10+/m0/s1. The maximum Gasteiger partial charge on any atom is 0.469 e. The lowest BCUT2D eigenvalue weighted by Crippen LogP contribution is -2.33. The molecule has 12 nitrogen and oxygen atoms in total.